The third kappa shape index (κ3) is 5.27. The predicted molar refractivity (Wildman–Crippen MR) is 144 cm³/mol. The highest BCUT2D eigenvalue weighted by Crippen LogP contribution is 2.42. The number of hydrogen-bond acceptors (Lipinski definition) is 6. The molecule has 0 N–H and O–H groups in total. The number of nitrogens with zero attached hydrogens (tertiary/aromatic N) is 3. The van der Waals surface area contributed by atoms with E-state index in [0.717, 1.165) is 62.4 Å². The molecule has 3 fully saturated rings. The molecule has 2 unspecified atom stereocenters. The van der Waals surface area contributed by atoms with Crippen LogP contribution in [0.15, 0.2) is 47.4 Å². The Morgan fingerprint density at radius 3 is 2.66 bits per heavy atom. The van der Waals surface area contributed by atoms with Crippen LogP contribution in [-0.2, 0) is 16.1 Å². The SMILES string of the molecule is O=C(CN1C(=O)/C(=C/c2ccccc2F)SC2CCCCC21)N1CCN(Cc2ccc3c(c2)OCO3)CC1. The summed E-state index contributed by atoms with van der Waals surface area (Å²) in [5, 5.41) is 0.242. The van der Waals surface area contributed by atoms with Gasteiger partial charge in [0.2, 0.25) is 12.7 Å². The molecule has 2 aromatic carbocycles. The van der Waals surface area contributed by atoms with Crippen molar-refractivity contribution in [3.8, 4) is 11.5 Å². The van der Waals surface area contributed by atoms with Crippen LogP contribution < -0.4 is 9.47 Å². The summed E-state index contributed by atoms with van der Waals surface area (Å²) in [7, 11) is 0. The first-order valence-electron chi connectivity index (χ1n) is 13.4. The van der Waals surface area contributed by atoms with Crippen LogP contribution in [-0.4, -0.2) is 77.3 Å². The third-order valence-electron chi connectivity index (χ3n) is 7.88. The van der Waals surface area contributed by atoms with Gasteiger partial charge in [-0.25, -0.2) is 4.39 Å². The summed E-state index contributed by atoms with van der Waals surface area (Å²) in [5.74, 6) is 1.05. The molecular formula is C29H32FN3O4S. The molecule has 2 amide bonds. The van der Waals surface area contributed by atoms with E-state index in [9.17, 15) is 14.0 Å². The molecule has 2 atom stereocenters. The molecule has 200 valence electrons. The largest absolute Gasteiger partial charge is 0.454 e. The van der Waals surface area contributed by atoms with Crippen LogP contribution in [0.2, 0.25) is 0 Å². The number of amides is 2. The highest BCUT2D eigenvalue weighted by Gasteiger charge is 2.42. The van der Waals surface area contributed by atoms with Crippen molar-refractivity contribution in [3.63, 3.8) is 0 Å². The molecule has 3 heterocycles. The second-order valence-electron chi connectivity index (χ2n) is 10.3. The first-order valence-corrected chi connectivity index (χ1v) is 14.3. The molecular weight excluding hydrogens is 505 g/mol. The standard InChI is InChI=1S/C29H32FN3O4S/c30-22-6-2-1-5-21(22)16-27-29(35)33(23-7-3-4-8-26(23)38-27)18-28(34)32-13-11-31(12-14-32)17-20-9-10-24-25(15-20)37-19-36-24/h1-2,5-6,9-10,15-16,23,26H,3-4,7-8,11-14,17-19H2/b27-16-. The molecule has 1 saturated carbocycles. The van der Waals surface area contributed by atoms with Crippen molar-refractivity contribution in [2.45, 2.75) is 43.5 Å². The van der Waals surface area contributed by atoms with Gasteiger partial charge >= 0.3 is 0 Å². The number of piperazine rings is 1. The lowest BCUT2D eigenvalue weighted by molar-refractivity contribution is -0.141. The van der Waals surface area contributed by atoms with Gasteiger partial charge < -0.3 is 19.3 Å². The fourth-order valence-electron chi connectivity index (χ4n) is 5.79. The number of ether oxygens (including phenoxy) is 2. The Labute approximate surface area is 226 Å². The smallest absolute Gasteiger partial charge is 0.261 e. The fourth-order valence-corrected chi connectivity index (χ4v) is 7.26. The summed E-state index contributed by atoms with van der Waals surface area (Å²) < 4.78 is 25.2. The minimum Gasteiger partial charge on any atom is -0.454 e. The lowest BCUT2D eigenvalue weighted by atomic mass is 9.93. The molecule has 4 aliphatic rings. The quantitative estimate of drug-likeness (QED) is 0.535. The second kappa shape index (κ2) is 11.0. The van der Waals surface area contributed by atoms with Crippen LogP contribution in [0.25, 0.3) is 6.08 Å². The first kappa shape index (κ1) is 25.2. The monoisotopic (exact) mass is 537 g/mol. The molecule has 6 rings (SSSR count). The minimum atomic E-state index is -0.347. The van der Waals surface area contributed by atoms with Gasteiger partial charge in [0.1, 0.15) is 12.4 Å². The topological polar surface area (TPSA) is 62.3 Å². The lowest BCUT2D eigenvalue weighted by Crippen LogP contribution is -2.56. The Kier molecular flexibility index (Phi) is 7.30. The average molecular weight is 538 g/mol. The summed E-state index contributed by atoms with van der Waals surface area (Å²) in [6.07, 6.45) is 5.74. The Bertz CT molecular complexity index is 1250. The van der Waals surface area contributed by atoms with Crippen LogP contribution in [0.4, 0.5) is 4.39 Å². The van der Waals surface area contributed by atoms with Gasteiger partial charge in [-0.05, 0) is 42.7 Å². The molecule has 0 bridgehead atoms. The molecule has 1 aliphatic carbocycles. The Morgan fingerprint density at radius 1 is 1.03 bits per heavy atom. The van der Waals surface area contributed by atoms with Gasteiger partial charge in [0.15, 0.2) is 11.5 Å². The second-order valence-corrected chi connectivity index (χ2v) is 11.6. The zero-order valence-electron chi connectivity index (χ0n) is 21.3. The zero-order chi connectivity index (χ0) is 26.1. The van der Waals surface area contributed by atoms with E-state index in [-0.39, 0.29) is 42.3 Å². The van der Waals surface area contributed by atoms with E-state index in [0.29, 0.717) is 23.6 Å². The number of rotatable bonds is 5. The van der Waals surface area contributed by atoms with Crippen molar-refractivity contribution in [2.75, 3.05) is 39.5 Å². The highest BCUT2D eigenvalue weighted by atomic mass is 32.2. The molecule has 2 aromatic rings. The van der Waals surface area contributed by atoms with Crippen molar-refractivity contribution >= 4 is 29.7 Å². The number of carbonyl (C=O) groups excluding carboxylic acids is 2. The lowest BCUT2D eigenvalue weighted by Gasteiger charge is -2.44. The average Bonchev–Trinajstić information content (AvgIpc) is 3.40. The van der Waals surface area contributed by atoms with Crippen molar-refractivity contribution in [1.29, 1.82) is 0 Å². The number of halogens is 1. The minimum absolute atomic E-state index is 0.0115. The zero-order valence-corrected chi connectivity index (χ0v) is 22.1. The van der Waals surface area contributed by atoms with E-state index in [2.05, 4.69) is 11.0 Å². The van der Waals surface area contributed by atoms with Gasteiger partial charge in [0, 0.05) is 49.6 Å². The van der Waals surface area contributed by atoms with Crippen LogP contribution in [0.5, 0.6) is 11.5 Å². The first-order chi connectivity index (χ1) is 18.5. The maximum Gasteiger partial charge on any atom is 0.261 e. The number of hydrogen-bond donors (Lipinski definition) is 0. The number of benzene rings is 2. The van der Waals surface area contributed by atoms with E-state index in [1.54, 1.807) is 40.9 Å². The fraction of sp³-hybridized carbons (Fsp3) is 0.448. The van der Waals surface area contributed by atoms with E-state index in [1.165, 1.54) is 6.07 Å². The number of fused-ring (bicyclic) bond motifs is 2. The Hall–Kier alpha value is -3.04. The summed E-state index contributed by atoms with van der Waals surface area (Å²) in [4.78, 5) is 33.5. The third-order valence-corrected chi connectivity index (χ3v) is 9.28. The maximum absolute atomic E-state index is 14.3. The Morgan fingerprint density at radius 2 is 1.82 bits per heavy atom. The molecule has 3 aliphatic heterocycles. The van der Waals surface area contributed by atoms with E-state index >= 15 is 0 Å². The van der Waals surface area contributed by atoms with Crippen LogP contribution in [0, 0.1) is 5.82 Å². The van der Waals surface area contributed by atoms with Crippen molar-refractivity contribution in [2.24, 2.45) is 0 Å². The van der Waals surface area contributed by atoms with E-state index < -0.39 is 0 Å². The molecule has 7 nitrogen and oxygen atoms in total. The van der Waals surface area contributed by atoms with E-state index in [4.69, 9.17) is 9.47 Å². The molecule has 0 spiro atoms. The van der Waals surface area contributed by atoms with Crippen molar-refractivity contribution in [3.05, 3.63) is 64.3 Å². The molecule has 0 aromatic heterocycles. The predicted octanol–water partition coefficient (Wildman–Crippen LogP) is 4.13. The summed E-state index contributed by atoms with van der Waals surface area (Å²) in [6.45, 7) is 3.94. The molecule has 9 heteroatoms. The normalized spacial score (nSPS) is 24.6. The van der Waals surface area contributed by atoms with Gasteiger partial charge in [-0.3, -0.25) is 14.5 Å². The van der Waals surface area contributed by atoms with E-state index in [1.807, 2.05) is 17.0 Å². The summed E-state index contributed by atoms with van der Waals surface area (Å²) in [6, 6.07) is 12.6. The Balaban J connectivity index is 1.10. The molecule has 2 saturated heterocycles. The van der Waals surface area contributed by atoms with Crippen molar-refractivity contribution < 1.29 is 23.5 Å². The van der Waals surface area contributed by atoms with Gasteiger partial charge in [-0.2, -0.15) is 0 Å². The summed E-state index contributed by atoms with van der Waals surface area (Å²) >= 11 is 1.56. The highest BCUT2D eigenvalue weighted by molar-refractivity contribution is 8.04. The maximum atomic E-state index is 14.3. The van der Waals surface area contributed by atoms with Crippen LogP contribution in [0.1, 0.15) is 36.8 Å². The van der Waals surface area contributed by atoms with Crippen LogP contribution >= 0.6 is 11.8 Å². The summed E-state index contributed by atoms with van der Waals surface area (Å²) in [5.41, 5.74) is 1.56. The van der Waals surface area contributed by atoms with Gasteiger partial charge in [0.25, 0.3) is 5.91 Å². The molecule has 38 heavy (non-hydrogen) atoms. The van der Waals surface area contributed by atoms with Gasteiger partial charge in [-0.15, -0.1) is 11.8 Å². The van der Waals surface area contributed by atoms with Gasteiger partial charge in [0.05, 0.1) is 4.91 Å². The van der Waals surface area contributed by atoms with Gasteiger partial charge in [-0.1, -0.05) is 37.1 Å². The molecule has 0 radical (unpaired) electrons. The van der Waals surface area contributed by atoms with Crippen molar-refractivity contribution in [1.82, 2.24) is 14.7 Å². The van der Waals surface area contributed by atoms with Crippen LogP contribution in [0.3, 0.4) is 0 Å². The number of carbonyl (C=O) groups is 2. The number of thioether (sulfide) groups is 1.